The van der Waals surface area contributed by atoms with Crippen molar-refractivity contribution in [2.75, 3.05) is 26.2 Å². The third kappa shape index (κ3) is 2.12. The lowest BCUT2D eigenvalue weighted by Gasteiger charge is -2.37. The lowest BCUT2D eigenvalue weighted by atomic mass is 10.1. The zero-order valence-corrected chi connectivity index (χ0v) is 10.4. The number of carbonyl (C=O) groups excluding carboxylic acids is 2. The molecule has 0 radical (unpaired) electrons. The van der Waals surface area contributed by atoms with Crippen LogP contribution in [0.2, 0.25) is 0 Å². The van der Waals surface area contributed by atoms with Crippen LogP contribution in [0, 0.1) is 0 Å². The molecule has 1 unspecified atom stereocenters. The molecular formula is C12H18N4O2. The number of fused-ring (bicyclic) bond motifs is 1. The molecule has 0 saturated carbocycles. The second kappa shape index (κ2) is 4.68. The van der Waals surface area contributed by atoms with Gasteiger partial charge in [-0.2, -0.15) is 5.10 Å². The molecule has 18 heavy (non-hydrogen) atoms. The summed E-state index contributed by atoms with van der Waals surface area (Å²) in [4.78, 5) is 27.6. The molecule has 1 N–H and O–H groups in total. The van der Waals surface area contributed by atoms with Crippen LogP contribution in [0.1, 0.15) is 25.7 Å². The van der Waals surface area contributed by atoms with Gasteiger partial charge in [0.1, 0.15) is 5.71 Å². The molecule has 0 aromatic carbocycles. The van der Waals surface area contributed by atoms with Crippen molar-refractivity contribution in [2.45, 2.75) is 31.7 Å². The first-order valence-electron chi connectivity index (χ1n) is 6.63. The summed E-state index contributed by atoms with van der Waals surface area (Å²) in [6.07, 6.45) is 3.26. The minimum Gasteiger partial charge on any atom is -0.335 e. The summed E-state index contributed by atoms with van der Waals surface area (Å²) in [6, 6.07) is 0.529. The van der Waals surface area contributed by atoms with Gasteiger partial charge in [-0.25, -0.2) is 5.43 Å². The molecule has 2 amide bonds. The van der Waals surface area contributed by atoms with E-state index in [9.17, 15) is 9.59 Å². The first-order chi connectivity index (χ1) is 8.74. The highest BCUT2D eigenvalue weighted by molar-refractivity contribution is 6.39. The first kappa shape index (κ1) is 11.6. The van der Waals surface area contributed by atoms with E-state index in [4.69, 9.17) is 0 Å². The third-order valence-corrected chi connectivity index (χ3v) is 4.03. The van der Waals surface area contributed by atoms with Crippen LogP contribution in [0.4, 0.5) is 0 Å². The van der Waals surface area contributed by atoms with Crippen LogP contribution in [0.25, 0.3) is 0 Å². The van der Waals surface area contributed by atoms with E-state index in [1.165, 1.54) is 19.4 Å². The Morgan fingerprint density at radius 1 is 1.28 bits per heavy atom. The number of hydrazone groups is 1. The second-order valence-corrected chi connectivity index (χ2v) is 5.18. The van der Waals surface area contributed by atoms with Gasteiger partial charge in [0.05, 0.1) is 0 Å². The Kier molecular flexibility index (Phi) is 3.03. The van der Waals surface area contributed by atoms with Crippen molar-refractivity contribution in [3.8, 4) is 0 Å². The SMILES string of the molecule is O=C1CCC(C(=O)N2CCN3CCCC3C2)=NN1. The smallest absolute Gasteiger partial charge is 0.270 e. The van der Waals surface area contributed by atoms with Gasteiger partial charge in [0, 0.05) is 38.5 Å². The number of hydrogen-bond donors (Lipinski definition) is 1. The average molecular weight is 250 g/mol. The maximum Gasteiger partial charge on any atom is 0.270 e. The maximum atomic E-state index is 12.3. The summed E-state index contributed by atoms with van der Waals surface area (Å²) in [6.45, 7) is 3.73. The molecule has 0 aromatic rings. The standard InChI is InChI=1S/C12H18N4O2/c17-11-4-3-10(13-14-11)12(18)16-7-6-15-5-1-2-9(15)8-16/h9H,1-8H2,(H,14,17). The van der Waals surface area contributed by atoms with Gasteiger partial charge >= 0.3 is 0 Å². The molecule has 0 aliphatic carbocycles. The quantitative estimate of drug-likeness (QED) is 0.686. The van der Waals surface area contributed by atoms with E-state index >= 15 is 0 Å². The Hall–Kier alpha value is -1.43. The monoisotopic (exact) mass is 250 g/mol. The summed E-state index contributed by atoms with van der Waals surface area (Å²) in [5.74, 6) is -0.103. The minimum atomic E-state index is -0.104. The summed E-state index contributed by atoms with van der Waals surface area (Å²) in [5.41, 5.74) is 2.89. The lowest BCUT2D eigenvalue weighted by molar-refractivity contribution is -0.127. The Labute approximate surface area is 106 Å². The van der Waals surface area contributed by atoms with Crippen molar-refractivity contribution in [3.05, 3.63) is 0 Å². The van der Waals surface area contributed by atoms with Crippen LogP contribution in [-0.4, -0.2) is 59.5 Å². The minimum absolute atomic E-state index is 0.00144. The fourth-order valence-electron chi connectivity index (χ4n) is 2.99. The molecule has 2 fully saturated rings. The average Bonchev–Trinajstić information content (AvgIpc) is 2.86. The largest absolute Gasteiger partial charge is 0.335 e. The molecule has 0 aromatic heterocycles. The van der Waals surface area contributed by atoms with Gasteiger partial charge in [0.2, 0.25) is 5.91 Å². The number of piperazine rings is 1. The van der Waals surface area contributed by atoms with Crippen LogP contribution in [-0.2, 0) is 9.59 Å². The van der Waals surface area contributed by atoms with E-state index in [0.717, 1.165) is 19.6 Å². The topological polar surface area (TPSA) is 65.0 Å². The van der Waals surface area contributed by atoms with Crippen LogP contribution in [0.3, 0.4) is 0 Å². The molecule has 6 heteroatoms. The Morgan fingerprint density at radius 3 is 2.94 bits per heavy atom. The van der Waals surface area contributed by atoms with Crippen molar-refractivity contribution in [1.29, 1.82) is 0 Å². The molecule has 0 spiro atoms. The van der Waals surface area contributed by atoms with Gasteiger partial charge in [-0.1, -0.05) is 0 Å². The number of nitrogens with one attached hydrogen (secondary N) is 1. The molecular weight excluding hydrogens is 232 g/mol. The van der Waals surface area contributed by atoms with Gasteiger partial charge in [-0.15, -0.1) is 0 Å². The maximum absolute atomic E-state index is 12.3. The van der Waals surface area contributed by atoms with Gasteiger partial charge in [0.15, 0.2) is 0 Å². The zero-order valence-electron chi connectivity index (χ0n) is 10.4. The number of amides is 2. The Morgan fingerprint density at radius 2 is 2.17 bits per heavy atom. The van der Waals surface area contributed by atoms with Crippen LogP contribution < -0.4 is 5.43 Å². The predicted molar refractivity (Wildman–Crippen MR) is 66.0 cm³/mol. The van der Waals surface area contributed by atoms with Gasteiger partial charge in [-0.05, 0) is 19.4 Å². The second-order valence-electron chi connectivity index (χ2n) is 5.18. The van der Waals surface area contributed by atoms with Crippen molar-refractivity contribution in [1.82, 2.24) is 15.2 Å². The van der Waals surface area contributed by atoms with Crippen LogP contribution >= 0.6 is 0 Å². The molecule has 3 rings (SSSR count). The van der Waals surface area contributed by atoms with E-state index in [0.29, 0.717) is 24.6 Å². The Balaban J connectivity index is 1.64. The molecule has 3 aliphatic heterocycles. The van der Waals surface area contributed by atoms with Crippen molar-refractivity contribution >= 4 is 17.5 Å². The summed E-state index contributed by atoms with van der Waals surface area (Å²) < 4.78 is 0. The van der Waals surface area contributed by atoms with Crippen molar-refractivity contribution in [3.63, 3.8) is 0 Å². The molecule has 2 saturated heterocycles. The van der Waals surface area contributed by atoms with E-state index in [1.54, 1.807) is 0 Å². The summed E-state index contributed by atoms with van der Waals surface area (Å²) in [7, 11) is 0. The summed E-state index contributed by atoms with van der Waals surface area (Å²) >= 11 is 0. The van der Waals surface area contributed by atoms with Gasteiger partial charge < -0.3 is 4.90 Å². The van der Waals surface area contributed by atoms with E-state index in [1.807, 2.05) is 4.90 Å². The van der Waals surface area contributed by atoms with E-state index in [-0.39, 0.29) is 11.8 Å². The summed E-state index contributed by atoms with van der Waals surface area (Å²) in [5, 5.41) is 3.88. The highest BCUT2D eigenvalue weighted by Crippen LogP contribution is 2.21. The number of rotatable bonds is 1. The highest BCUT2D eigenvalue weighted by Gasteiger charge is 2.34. The van der Waals surface area contributed by atoms with Crippen LogP contribution in [0.15, 0.2) is 5.10 Å². The molecule has 0 bridgehead atoms. The fraction of sp³-hybridized carbons (Fsp3) is 0.750. The molecule has 98 valence electrons. The van der Waals surface area contributed by atoms with Gasteiger partial charge in [0.25, 0.3) is 5.91 Å². The lowest BCUT2D eigenvalue weighted by Crippen LogP contribution is -2.54. The van der Waals surface area contributed by atoms with Crippen molar-refractivity contribution in [2.24, 2.45) is 5.10 Å². The first-order valence-corrected chi connectivity index (χ1v) is 6.63. The van der Waals surface area contributed by atoms with Crippen molar-refractivity contribution < 1.29 is 9.59 Å². The van der Waals surface area contributed by atoms with E-state index < -0.39 is 0 Å². The number of hydrogen-bond acceptors (Lipinski definition) is 4. The number of carbonyl (C=O) groups is 2. The molecule has 3 aliphatic rings. The predicted octanol–water partition coefficient (Wildman–Crippen LogP) is -0.441. The normalized spacial score (nSPS) is 28.7. The molecule has 1 atom stereocenters. The van der Waals surface area contributed by atoms with E-state index in [2.05, 4.69) is 15.4 Å². The van der Waals surface area contributed by atoms with Crippen LogP contribution in [0.5, 0.6) is 0 Å². The highest BCUT2D eigenvalue weighted by atomic mass is 16.2. The fourth-order valence-corrected chi connectivity index (χ4v) is 2.99. The van der Waals surface area contributed by atoms with Gasteiger partial charge in [-0.3, -0.25) is 14.5 Å². The zero-order chi connectivity index (χ0) is 12.5. The Bertz CT molecular complexity index is 407. The number of nitrogens with zero attached hydrogens (tertiary/aromatic N) is 3. The molecule has 3 heterocycles. The third-order valence-electron chi connectivity index (χ3n) is 4.03. The molecule has 6 nitrogen and oxygen atoms in total.